The van der Waals surface area contributed by atoms with Crippen molar-refractivity contribution in [1.82, 2.24) is 9.97 Å². The Morgan fingerprint density at radius 2 is 2.08 bits per heavy atom. The monoisotopic (exact) mass is 166 g/mol. The number of H-pyrrole nitrogens is 1. The van der Waals surface area contributed by atoms with Crippen LogP contribution in [-0.4, -0.2) is 15.8 Å². The lowest BCUT2D eigenvalue weighted by atomic mass is 9.96. The van der Waals surface area contributed by atoms with Crippen molar-refractivity contribution in [2.75, 3.05) is 0 Å². The first-order chi connectivity index (χ1) is 5.41. The minimum atomic E-state index is -0.0201. The third kappa shape index (κ3) is 1.72. The third-order valence-electron chi connectivity index (χ3n) is 1.65. The van der Waals surface area contributed by atoms with E-state index in [1.54, 1.807) is 6.20 Å². The number of hydrogen-bond acceptors (Lipinski definition) is 2. The first-order valence-electron chi connectivity index (χ1n) is 3.98. The van der Waals surface area contributed by atoms with Gasteiger partial charge in [0.1, 0.15) is 11.5 Å². The summed E-state index contributed by atoms with van der Waals surface area (Å²) in [5.41, 5.74) is 0.494. The molecule has 12 heavy (non-hydrogen) atoms. The fourth-order valence-corrected chi connectivity index (χ4v) is 0.886. The standard InChI is InChI=1S/C9H14N2O/c1-6(12)7-5-10-8(11-7)9(2,3)4/h5H,1-4H3,(H,10,11). The van der Waals surface area contributed by atoms with Crippen LogP contribution in [0.3, 0.4) is 0 Å². The summed E-state index contributed by atoms with van der Waals surface area (Å²) >= 11 is 0. The zero-order chi connectivity index (χ0) is 9.35. The molecule has 1 heterocycles. The highest BCUT2D eigenvalue weighted by Crippen LogP contribution is 2.18. The lowest BCUT2D eigenvalue weighted by Crippen LogP contribution is -2.13. The van der Waals surface area contributed by atoms with E-state index in [-0.39, 0.29) is 11.2 Å². The molecule has 0 aliphatic rings. The van der Waals surface area contributed by atoms with Gasteiger partial charge in [-0.1, -0.05) is 20.8 Å². The van der Waals surface area contributed by atoms with Crippen LogP contribution in [0, 0.1) is 0 Å². The second kappa shape index (κ2) is 2.73. The maximum atomic E-state index is 10.9. The number of aromatic amines is 1. The molecule has 0 saturated carbocycles. The molecule has 1 aromatic rings. The molecule has 0 spiro atoms. The zero-order valence-electron chi connectivity index (χ0n) is 7.93. The Morgan fingerprint density at radius 3 is 2.33 bits per heavy atom. The molecule has 0 unspecified atom stereocenters. The van der Waals surface area contributed by atoms with Crippen molar-refractivity contribution in [3.63, 3.8) is 0 Å². The van der Waals surface area contributed by atoms with Crippen LogP contribution in [0.4, 0.5) is 0 Å². The van der Waals surface area contributed by atoms with Gasteiger partial charge in [-0.05, 0) is 0 Å². The van der Waals surface area contributed by atoms with Crippen LogP contribution in [0.2, 0.25) is 0 Å². The molecule has 0 saturated heterocycles. The molecule has 0 amide bonds. The third-order valence-corrected chi connectivity index (χ3v) is 1.65. The Kier molecular flexibility index (Phi) is 2.04. The second-order valence-corrected chi connectivity index (χ2v) is 3.94. The number of rotatable bonds is 1. The molecule has 66 valence electrons. The zero-order valence-corrected chi connectivity index (χ0v) is 7.93. The van der Waals surface area contributed by atoms with E-state index in [1.807, 2.05) is 0 Å². The summed E-state index contributed by atoms with van der Waals surface area (Å²) in [6.07, 6.45) is 1.66. The molecule has 3 nitrogen and oxygen atoms in total. The summed E-state index contributed by atoms with van der Waals surface area (Å²) in [4.78, 5) is 18.1. The van der Waals surface area contributed by atoms with Crippen LogP contribution >= 0.6 is 0 Å². The molecule has 0 atom stereocenters. The van der Waals surface area contributed by atoms with E-state index in [9.17, 15) is 4.79 Å². The highest BCUT2D eigenvalue weighted by molar-refractivity contribution is 5.91. The molecular weight excluding hydrogens is 152 g/mol. The molecule has 3 heteroatoms. The number of imidazole rings is 1. The number of Topliss-reactive ketones (excluding diaryl/α,β-unsaturated/α-hetero) is 1. The summed E-state index contributed by atoms with van der Waals surface area (Å²) in [7, 11) is 0. The minimum absolute atomic E-state index is 0.00162. The van der Waals surface area contributed by atoms with Crippen molar-refractivity contribution >= 4 is 5.78 Å². The highest BCUT2D eigenvalue weighted by atomic mass is 16.1. The Balaban J connectivity index is 3.00. The van der Waals surface area contributed by atoms with Gasteiger partial charge in [0.05, 0.1) is 0 Å². The topological polar surface area (TPSA) is 45.8 Å². The van der Waals surface area contributed by atoms with E-state index in [0.29, 0.717) is 5.69 Å². The Morgan fingerprint density at radius 1 is 1.50 bits per heavy atom. The molecule has 1 rings (SSSR count). The fourth-order valence-electron chi connectivity index (χ4n) is 0.886. The van der Waals surface area contributed by atoms with Gasteiger partial charge >= 0.3 is 0 Å². The molecule has 0 aliphatic carbocycles. The predicted molar refractivity (Wildman–Crippen MR) is 47.3 cm³/mol. The normalized spacial score (nSPS) is 11.7. The smallest absolute Gasteiger partial charge is 0.179 e. The first kappa shape index (κ1) is 8.97. The maximum absolute atomic E-state index is 10.9. The van der Waals surface area contributed by atoms with E-state index in [4.69, 9.17) is 0 Å². The van der Waals surface area contributed by atoms with Gasteiger partial charge in [0.15, 0.2) is 5.78 Å². The van der Waals surface area contributed by atoms with Crippen molar-refractivity contribution in [1.29, 1.82) is 0 Å². The lowest BCUT2D eigenvalue weighted by molar-refractivity contribution is 0.101. The van der Waals surface area contributed by atoms with Crippen molar-refractivity contribution in [2.24, 2.45) is 0 Å². The van der Waals surface area contributed by atoms with Crippen LogP contribution in [0.15, 0.2) is 6.20 Å². The van der Waals surface area contributed by atoms with E-state index in [0.717, 1.165) is 5.82 Å². The van der Waals surface area contributed by atoms with Gasteiger partial charge in [-0.3, -0.25) is 4.79 Å². The highest BCUT2D eigenvalue weighted by Gasteiger charge is 2.18. The first-order valence-corrected chi connectivity index (χ1v) is 3.98. The average molecular weight is 166 g/mol. The number of carbonyl (C=O) groups excluding carboxylic acids is 1. The molecule has 0 radical (unpaired) electrons. The average Bonchev–Trinajstić information content (AvgIpc) is 2.30. The summed E-state index contributed by atoms with van der Waals surface area (Å²) in [5.74, 6) is 0.856. The predicted octanol–water partition coefficient (Wildman–Crippen LogP) is 1.91. The Labute approximate surface area is 72.2 Å². The Bertz CT molecular complexity index is 294. The van der Waals surface area contributed by atoms with Gasteiger partial charge in [0.2, 0.25) is 0 Å². The van der Waals surface area contributed by atoms with E-state index in [1.165, 1.54) is 6.92 Å². The molecule has 0 aliphatic heterocycles. The van der Waals surface area contributed by atoms with E-state index in [2.05, 4.69) is 30.7 Å². The van der Waals surface area contributed by atoms with Gasteiger partial charge in [-0.15, -0.1) is 0 Å². The van der Waals surface area contributed by atoms with Crippen LogP contribution in [0.1, 0.15) is 44.0 Å². The summed E-state index contributed by atoms with van der Waals surface area (Å²) < 4.78 is 0. The van der Waals surface area contributed by atoms with E-state index < -0.39 is 0 Å². The van der Waals surface area contributed by atoms with Crippen LogP contribution in [0.5, 0.6) is 0 Å². The van der Waals surface area contributed by atoms with Crippen LogP contribution in [-0.2, 0) is 5.41 Å². The number of ketones is 1. The van der Waals surface area contributed by atoms with Crippen molar-refractivity contribution < 1.29 is 4.79 Å². The SMILES string of the molecule is CC(=O)c1c[nH]c(C(C)(C)C)n1. The summed E-state index contributed by atoms with van der Waals surface area (Å²) in [6.45, 7) is 7.67. The van der Waals surface area contributed by atoms with Gasteiger partial charge < -0.3 is 4.98 Å². The van der Waals surface area contributed by atoms with Crippen molar-refractivity contribution in [3.05, 3.63) is 17.7 Å². The van der Waals surface area contributed by atoms with Gasteiger partial charge in [0, 0.05) is 18.5 Å². The summed E-state index contributed by atoms with van der Waals surface area (Å²) in [6, 6.07) is 0. The number of carbonyl (C=O) groups is 1. The minimum Gasteiger partial charge on any atom is -0.347 e. The van der Waals surface area contributed by atoms with Gasteiger partial charge in [0.25, 0.3) is 0 Å². The number of aromatic nitrogens is 2. The quantitative estimate of drug-likeness (QED) is 0.648. The Hall–Kier alpha value is -1.12. The number of nitrogens with zero attached hydrogens (tertiary/aromatic N) is 1. The molecular formula is C9H14N2O. The van der Waals surface area contributed by atoms with Crippen LogP contribution in [0.25, 0.3) is 0 Å². The molecule has 1 N–H and O–H groups in total. The van der Waals surface area contributed by atoms with Gasteiger partial charge in [-0.2, -0.15) is 0 Å². The molecule has 0 bridgehead atoms. The van der Waals surface area contributed by atoms with Crippen molar-refractivity contribution in [2.45, 2.75) is 33.1 Å². The van der Waals surface area contributed by atoms with Crippen LogP contribution < -0.4 is 0 Å². The van der Waals surface area contributed by atoms with Gasteiger partial charge in [-0.25, -0.2) is 4.98 Å². The largest absolute Gasteiger partial charge is 0.347 e. The molecule has 0 aromatic carbocycles. The number of hydrogen-bond donors (Lipinski definition) is 1. The van der Waals surface area contributed by atoms with E-state index >= 15 is 0 Å². The maximum Gasteiger partial charge on any atom is 0.179 e. The second-order valence-electron chi connectivity index (χ2n) is 3.94. The number of nitrogens with one attached hydrogen (secondary N) is 1. The molecule has 0 fully saturated rings. The fraction of sp³-hybridized carbons (Fsp3) is 0.556. The summed E-state index contributed by atoms with van der Waals surface area (Å²) in [5, 5.41) is 0. The lowest BCUT2D eigenvalue weighted by Gasteiger charge is -2.13. The van der Waals surface area contributed by atoms with Crippen molar-refractivity contribution in [3.8, 4) is 0 Å². The molecule has 1 aromatic heterocycles.